The fraction of sp³-hybridized carbons (Fsp3) is 0.667. The Morgan fingerprint density at radius 3 is 2.84 bits per heavy atom. The quantitative estimate of drug-likeness (QED) is 0.867. The summed E-state index contributed by atoms with van der Waals surface area (Å²) >= 11 is 3.75. The fourth-order valence-corrected chi connectivity index (χ4v) is 5.90. The highest BCUT2D eigenvalue weighted by Gasteiger charge is 2.28. The van der Waals surface area contributed by atoms with Gasteiger partial charge in [0.1, 0.15) is 5.82 Å². The normalized spacial score (nSPS) is 24.5. The number of thioether (sulfide) groups is 2. The minimum absolute atomic E-state index is 0.172. The third-order valence-electron chi connectivity index (χ3n) is 4.71. The molecule has 3 rings (SSSR count). The third kappa shape index (κ3) is 5.20. The van der Waals surface area contributed by atoms with Crippen molar-refractivity contribution < 1.29 is 4.79 Å². The molecule has 7 heteroatoms. The molecule has 0 radical (unpaired) electrons. The van der Waals surface area contributed by atoms with E-state index in [1.54, 1.807) is 0 Å². The van der Waals surface area contributed by atoms with Crippen molar-refractivity contribution in [1.29, 1.82) is 0 Å². The van der Waals surface area contributed by atoms with Crippen LogP contribution in [-0.4, -0.2) is 71.5 Å². The molecule has 0 aliphatic carbocycles. The van der Waals surface area contributed by atoms with E-state index in [1.807, 2.05) is 54.8 Å². The van der Waals surface area contributed by atoms with Crippen LogP contribution < -0.4 is 10.2 Å². The minimum Gasteiger partial charge on any atom is -0.381 e. The second-order valence-electron chi connectivity index (χ2n) is 6.83. The maximum absolute atomic E-state index is 12.7. The Morgan fingerprint density at radius 1 is 1.28 bits per heavy atom. The van der Waals surface area contributed by atoms with Crippen LogP contribution in [0, 0.1) is 0 Å². The summed E-state index contributed by atoms with van der Waals surface area (Å²) in [4.78, 5) is 21.3. The van der Waals surface area contributed by atoms with Crippen molar-refractivity contribution in [3.8, 4) is 0 Å². The Morgan fingerprint density at radius 2 is 2.16 bits per heavy atom. The molecule has 2 atom stereocenters. The molecular weight excluding hydrogens is 352 g/mol. The number of hydrogen-bond acceptors (Lipinski definition) is 6. The topological polar surface area (TPSA) is 48.5 Å². The smallest absolute Gasteiger partial charge is 0.236 e. The molecule has 2 aliphatic heterocycles. The molecule has 3 heterocycles. The van der Waals surface area contributed by atoms with Gasteiger partial charge in [-0.15, -0.1) is 11.8 Å². The van der Waals surface area contributed by atoms with E-state index >= 15 is 0 Å². The van der Waals surface area contributed by atoms with Crippen molar-refractivity contribution in [2.45, 2.75) is 30.6 Å². The van der Waals surface area contributed by atoms with Gasteiger partial charge in [-0.1, -0.05) is 0 Å². The maximum atomic E-state index is 12.7. The van der Waals surface area contributed by atoms with Gasteiger partial charge in [0.15, 0.2) is 0 Å². The molecule has 1 N–H and O–H groups in total. The summed E-state index contributed by atoms with van der Waals surface area (Å²) in [5.41, 5.74) is 1.06. The van der Waals surface area contributed by atoms with Gasteiger partial charge < -0.3 is 15.1 Å². The minimum atomic E-state index is 0.172. The molecule has 0 saturated carbocycles. The van der Waals surface area contributed by atoms with Crippen LogP contribution in [0.15, 0.2) is 18.3 Å². The first-order valence-electron chi connectivity index (χ1n) is 9.01. The van der Waals surface area contributed by atoms with Crippen LogP contribution in [0.4, 0.5) is 11.5 Å². The largest absolute Gasteiger partial charge is 0.381 e. The molecule has 0 aromatic carbocycles. The summed E-state index contributed by atoms with van der Waals surface area (Å²) in [6.45, 7) is 1.76. The van der Waals surface area contributed by atoms with Crippen LogP contribution in [0.5, 0.6) is 0 Å². The van der Waals surface area contributed by atoms with E-state index in [2.05, 4.69) is 21.3 Å². The van der Waals surface area contributed by atoms with Crippen LogP contribution in [0.1, 0.15) is 19.3 Å². The van der Waals surface area contributed by atoms with E-state index in [0.717, 1.165) is 55.4 Å². The lowest BCUT2D eigenvalue weighted by molar-refractivity contribution is -0.130. The van der Waals surface area contributed by atoms with E-state index in [-0.39, 0.29) is 5.25 Å². The Kier molecular flexibility index (Phi) is 6.76. The van der Waals surface area contributed by atoms with Crippen LogP contribution >= 0.6 is 23.5 Å². The van der Waals surface area contributed by atoms with Gasteiger partial charge in [-0.2, -0.15) is 11.8 Å². The number of carbonyl (C=O) groups is 1. The number of anilines is 2. The van der Waals surface area contributed by atoms with Crippen LogP contribution in [0.2, 0.25) is 0 Å². The lowest BCUT2D eigenvalue weighted by Gasteiger charge is -2.28. The standard InChI is InChI=1S/C18H28N4OS2/c1-21(2)17-6-5-15(12-19-17)20-14-4-3-8-22(9-7-14)18(23)16-13-24-10-11-25-16/h5-6,12,14,16,20H,3-4,7-11,13H2,1-2H3/t14-,16+/m0/s1. The lowest BCUT2D eigenvalue weighted by atomic mass is 10.1. The molecule has 1 aromatic rings. The SMILES string of the molecule is CN(C)c1ccc(N[C@H]2CCCN(C(=O)[C@H]3CSCCS3)CC2)cn1. The first-order valence-corrected chi connectivity index (χ1v) is 11.2. The van der Waals surface area contributed by atoms with Crippen LogP contribution in [0.3, 0.4) is 0 Å². The lowest BCUT2D eigenvalue weighted by Crippen LogP contribution is -2.41. The number of pyridine rings is 1. The van der Waals surface area contributed by atoms with Gasteiger partial charge in [-0.05, 0) is 31.4 Å². The predicted octanol–water partition coefficient (Wildman–Crippen LogP) is 2.79. The zero-order valence-electron chi connectivity index (χ0n) is 15.1. The summed E-state index contributed by atoms with van der Waals surface area (Å²) in [6.07, 6.45) is 5.08. The second-order valence-corrected chi connectivity index (χ2v) is 9.29. The van der Waals surface area contributed by atoms with E-state index in [1.165, 1.54) is 5.75 Å². The molecule has 0 spiro atoms. The Bertz CT molecular complexity index is 561. The van der Waals surface area contributed by atoms with Crippen LogP contribution in [-0.2, 0) is 4.79 Å². The van der Waals surface area contributed by atoms with E-state index < -0.39 is 0 Å². The van der Waals surface area contributed by atoms with Crippen molar-refractivity contribution in [2.24, 2.45) is 0 Å². The monoisotopic (exact) mass is 380 g/mol. The van der Waals surface area contributed by atoms with Gasteiger partial charge in [0.05, 0.1) is 17.1 Å². The molecule has 1 amide bonds. The number of likely N-dealkylation sites (tertiary alicyclic amines) is 1. The molecule has 25 heavy (non-hydrogen) atoms. The number of carbonyl (C=O) groups excluding carboxylic acids is 1. The molecule has 5 nitrogen and oxygen atoms in total. The number of amides is 1. The highest BCUT2D eigenvalue weighted by Crippen LogP contribution is 2.27. The van der Waals surface area contributed by atoms with Crippen molar-refractivity contribution >= 4 is 40.9 Å². The Labute approximate surface area is 159 Å². The summed E-state index contributed by atoms with van der Waals surface area (Å²) in [7, 11) is 3.99. The van der Waals surface area contributed by atoms with E-state index in [4.69, 9.17) is 0 Å². The molecule has 0 bridgehead atoms. The highest BCUT2D eigenvalue weighted by atomic mass is 32.2. The zero-order valence-corrected chi connectivity index (χ0v) is 16.7. The number of nitrogens with zero attached hydrogens (tertiary/aromatic N) is 3. The van der Waals surface area contributed by atoms with E-state index in [0.29, 0.717) is 11.9 Å². The first kappa shape index (κ1) is 18.7. The molecule has 0 unspecified atom stereocenters. The van der Waals surface area contributed by atoms with Gasteiger partial charge in [0, 0.05) is 50.5 Å². The Balaban J connectivity index is 1.51. The first-order chi connectivity index (χ1) is 12.1. The molecule has 2 saturated heterocycles. The number of hydrogen-bond donors (Lipinski definition) is 1. The molecule has 2 fully saturated rings. The molecule has 138 valence electrons. The summed E-state index contributed by atoms with van der Waals surface area (Å²) < 4.78 is 0. The summed E-state index contributed by atoms with van der Waals surface area (Å²) in [5.74, 6) is 4.59. The Hall–Kier alpha value is -1.08. The number of nitrogens with one attached hydrogen (secondary N) is 1. The molecule has 1 aromatic heterocycles. The second kappa shape index (κ2) is 9.03. The summed E-state index contributed by atoms with van der Waals surface area (Å²) in [6, 6.07) is 4.54. The number of aromatic nitrogens is 1. The van der Waals surface area contributed by atoms with Crippen molar-refractivity contribution in [3.05, 3.63) is 18.3 Å². The zero-order chi connectivity index (χ0) is 17.6. The van der Waals surface area contributed by atoms with E-state index in [9.17, 15) is 4.79 Å². The molecular formula is C18H28N4OS2. The highest BCUT2D eigenvalue weighted by molar-refractivity contribution is 8.07. The van der Waals surface area contributed by atoms with Crippen molar-refractivity contribution in [2.75, 3.05) is 54.7 Å². The van der Waals surface area contributed by atoms with Gasteiger partial charge in [-0.3, -0.25) is 4.79 Å². The summed E-state index contributed by atoms with van der Waals surface area (Å²) in [5, 5.41) is 3.77. The molecule has 2 aliphatic rings. The van der Waals surface area contributed by atoms with Gasteiger partial charge in [0.25, 0.3) is 0 Å². The van der Waals surface area contributed by atoms with Gasteiger partial charge in [-0.25, -0.2) is 4.98 Å². The predicted molar refractivity (Wildman–Crippen MR) is 110 cm³/mol. The fourth-order valence-electron chi connectivity index (χ4n) is 3.27. The third-order valence-corrected chi connectivity index (χ3v) is 7.45. The average Bonchev–Trinajstić information content (AvgIpc) is 2.88. The van der Waals surface area contributed by atoms with Crippen molar-refractivity contribution in [1.82, 2.24) is 9.88 Å². The van der Waals surface area contributed by atoms with Gasteiger partial charge >= 0.3 is 0 Å². The number of rotatable bonds is 4. The van der Waals surface area contributed by atoms with Gasteiger partial charge in [0.2, 0.25) is 5.91 Å². The maximum Gasteiger partial charge on any atom is 0.236 e. The van der Waals surface area contributed by atoms with Crippen molar-refractivity contribution in [3.63, 3.8) is 0 Å². The van der Waals surface area contributed by atoms with Crippen LogP contribution in [0.25, 0.3) is 0 Å². The average molecular weight is 381 g/mol.